The van der Waals surface area contributed by atoms with Crippen LogP contribution in [0.2, 0.25) is 0 Å². The molecule has 0 aromatic heterocycles. The molecule has 1 atom stereocenters. The molecule has 0 heterocycles. The van der Waals surface area contributed by atoms with E-state index in [2.05, 4.69) is 38.2 Å². The third-order valence-electron chi connectivity index (χ3n) is 3.08. The second-order valence-electron chi connectivity index (χ2n) is 4.57. The molecule has 96 valence electrons. The second kappa shape index (κ2) is 6.03. The molecule has 3 heteroatoms. The van der Waals surface area contributed by atoms with Crippen molar-refractivity contribution in [3.8, 4) is 5.75 Å². The summed E-state index contributed by atoms with van der Waals surface area (Å²) in [6.07, 6.45) is 0. The van der Waals surface area contributed by atoms with E-state index >= 15 is 0 Å². The van der Waals surface area contributed by atoms with Gasteiger partial charge in [-0.25, -0.2) is 0 Å². The Morgan fingerprint density at radius 1 is 1.18 bits per heavy atom. The first kappa shape index (κ1) is 14.0. The maximum absolute atomic E-state index is 5.57. The molecule has 0 aliphatic heterocycles. The molecule has 0 saturated carbocycles. The number of benzene rings is 1. The van der Waals surface area contributed by atoms with Crippen LogP contribution >= 0.6 is 0 Å². The Morgan fingerprint density at radius 3 is 2.18 bits per heavy atom. The number of hydrogen-bond donors (Lipinski definition) is 1. The van der Waals surface area contributed by atoms with Crippen LogP contribution in [0.25, 0.3) is 0 Å². The van der Waals surface area contributed by atoms with Crippen molar-refractivity contribution in [2.24, 2.45) is 0 Å². The van der Waals surface area contributed by atoms with E-state index in [1.54, 1.807) is 14.2 Å². The summed E-state index contributed by atoms with van der Waals surface area (Å²) >= 11 is 0. The maximum Gasteiger partial charge on any atom is 0.118 e. The Balaban J connectivity index is 2.96. The average Bonchev–Trinajstić information content (AvgIpc) is 2.36. The summed E-state index contributed by atoms with van der Waals surface area (Å²) in [7, 11) is 3.42. The van der Waals surface area contributed by atoms with Gasteiger partial charge in [0.1, 0.15) is 5.75 Å². The number of methoxy groups -OCH3 is 2. The standard InChI is InChI=1S/C14H23NO2/c1-6-15-13(14(2,3)17-5)11-7-9-12(16-4)10-8-11/h7-10,13,15H,6H2,1-5H3. The van der Waals surface area contributed by atoms with Crippen LogP contribution < -0.4 is 10.1 Å². The molecule has 17 heavy (non-hydrogen) atoms. The van der Waals surface area contributed by atoms with Crippen molar-refractivity contribution < 1.29 is 9.47 Å². The first-order valence-electron chi connectivity index (χ1n) is 5.97. The Labute approximate surface area is 104 Å². The first-order valence-corrected chi connectivity index (χ1v) is 5.97. The highest BCUT2D eigenvalue weighted by molar-refractivity contribution is 5.30. The highest BCUT2D eigenvalue weighted by Crippen LogP contribution is 2.29. The van der Waals surface area contributed by atoms with Crippen molar-refractivity contribution in [2.45, 2.75) is 32.4 Å². The number of rotatable bonds is 6. The molecule has 1 unspecified atom stereocenters. The summed E-state index contributed by atoms with van der Waals surface area (Å²) < 4.78 is 10.7. The van der Waals surface area contributed by atoms with Gasteiger partial charge in [-0.05, 0) is 38.1 Å². The Hall–Kier alpha value is -1.06. The fourth-order valence-corrected chi connectivity index (χ4v) is 1.88. The van der Waals surface area contributed by atoms with Gasteiger partial charge in [0.25, 0.3) is 0 Å². The van der Waals surface area contributed by atoms with E-state index in [1.165, 1.54) is 5.56 Å². The van der Waals surface area contributed by atoms with Gasteiger partial charge < -0.3 is 14.8 Å². The van der Waals surface area contributed by atoms with Crippen LogP contribution in [0.4, 0.5) is 0 Å². The summed E-state index contributed by atoms with van der Waals surface area (Å²) in [5, 5.41) is 3.46. The predicted molar refractivity (Wildman–Crippen MR) is 70.5 cm³/mol. The fraction of sp³-hybridized carbons (Fsp3) is 0.571. The fourth-order valence-electron chi connectivity index (χ4n) is 1.88. The molecule has 0 amide bonds. The Morgan fingerprint density at radius 2 is 1.76 bits per heavy atom. The quantitative estimate of drug-likeness (QED) is 0.825. The van der Waals surface area contributed by atoms with Crippen molar-refractivity contribution in [3.05, 3.63) is 29.8 Å². The highest BCUT2D eigenvalue weighted by atomic mass is 16.5. The van der Waals surface area contributed by atoms with E-state index in [4.69, 9.17) is 9.47 Å². The minimum Gasteiger partial charge on any atom is -0.497 e. The van der Waals surface area contributed by atoms with Crippen LogP contribution in [0.3, 0.4) is 0 Å². The number of ether oxygens (including phenoxy) is 2. The molecule has 1 aromatic rings. The highest BCUT2D eigenvalue weighted by Gasteiger charge is 2.29. The molecule has 0 aliphatic carbocycles. The zero-order valence-corrected chi connectivity index (χ0v) is 11.4. The van der Waals surface area contributed by atoms with E-state index in [0.29, 0.717) is 0 Å². The average molecular weight is 237 g/mol. The van der Waals surface area contributed by atoms with Crippen LogP contribution in [0.15, 0.2) is 24.3 Å². The molecule has 1 rings (SSSR count). The lowest BCUT2D eigenvalue weighted by molar-refractivity contribution is -0.0107. The van der Waals surface area contributed by atoms with Crippen molar-refractivity contribution in [1.29, 1.82) is 0 Å². The lowest BCUT2D eigenvalue weighted by atomic mass is 9.91. The van der Waals surface area contributed by atoms with Crippen LogP contribution in [0.5, 0.6) is 5.75 Å². The molecule has 0 bridgehead atoms. The van der Waals surface area contributed by atoms with E-state index in [1.807, 2.05) is 12.1 Å². The van der Waals surface area contributed by atoms with Crippen LogP contribution in [0.1, 0.15) is 32.4 Å². The SMILES string of the molecule is CCNC(c1ccc(OC)cc1)C(C)(C)OC. The number of hydrogen-bond acceptors (Lipinski definition) is 3. The summed E-state index contributed by atoms with van der Waals surface area (Å²) in [6.45, 7) is 7.18. The van der Waals surface area contributed by atoms with E-state index in [9.17, 15) is 0 Å². The zero-order valence-electron chi connectivity index (χ0n) is 11.4. The van der Waals surface area contributed by atoms with Crippen molar-refractivity contribution in [3.63, 3.8) is 0 Å². The topological polar surface area (TPSA) is 30.5 Å². The first-order chi connectivity index (χ1) is 8.05. The molecule has 0 fully saturated rings. The molecule has 1 N–H and O–H groups in total. The van der Waals surface area contributed by atoms with E-state index in [0.717, 1.165) is 12.3 Å². The van der Waals surface area contributed by atoms with Crippen LogP contribution in [0, 0.1) is 0 Å². The summed E-state index contributed by atoms with van der Waals surface area (Å²) in [5.41, 5.74) is 0.962. The van der Waals surface area contributed by atoms with Gasteiger partial charge in [-0.1, -0.05) is 19.1 Å². The van der Waals surface area contributed by atoms with Gasteiger partial charge in [-0.3, -0.25) is 0 Å². The number of nitrogens with one attached hydrogen (secondary N) is 1. The molecule has 3 nitrogen and oxygen atoms in total. The van der Waals surface area contributed by atoms with Gasteiger partial charge in [-0.15, -0.1) is 0 Å². The summed E-state index contributed by atoms with van der Waals surface area (Å²) in [4.78, 5) is 0. The molecule has 0 spiro atoms. The van der Waals surface area contributed by atoms with Gasteiger partial charge >= 0.3 is 0 Å². The zero-order chi connectivity index (χ0) is 12.9. The monoisotopic (exact) mass is 237 g/mol. The van der Waals surface area contributed by atoms with Crippen molar-refractivity contribution >= 4 is 0 Å². The van der Waals surface area contributed by atoms with E-state index in [-0.39, 0.29) is 11.6 Å². The normalized spacial score (nSPS) is 13.5. The smallest absolute Gasteiger partial charge is 0.118 e. The maximum atomic E-state index is 5.57. The van der Waals surface area contributed by atoms with Gasteiger partial charge in [0.15, 0.2) is 0 Å². The summed E-state index contributed by atoms with van der Waals surface area (Å²) in [6, 6.07) is 8.28. The second-order valence-corrected chi connectivity index (χ2v) is 4.57. The van der Waals surface area contributed by atoms with Crippen LogP contribution in [-0.4, -0.2) is 26.4 Å². The predicted octanol–water partition coefficient (Wildman–Crippen LogP) is 2.77. The van der Waals surface area contributed by atoms with Gasteiger partial charge in [-0.2, -0.15) is 0 Å². The molecule has 0 aliphatic rings. The van der Waals surface area contributed by atoms with Gasteiger partial charge in [0.05, 0.1) is 18.8 Å². The third kappa shape index (κ3) is 3.45. The molecular weight excluding hydrogens is 214 g/mol. The minimum atomic E-state index is -0.245. The van der Waals surface area contributed by atoms with Crippen molar-refractivity contribution in [2.75, 3.05) is 20.8 Å². The molecule has 0 saturated heterocycles. The van der Waals surface area contributed by atoms with Crippen LogP contribution in [-0.2, 0) is 4.74 Å². The van der Waals surface area contributed by atoms with Gasteiger partial charge in [0, 0.05) is 7.11 Å². The molecular formula is C14H23NO2. The Kier molecular flexibility index (Phi) is 4.97. The van der Waals surface area contributed by atoms with Crippen molar-refractivity contribution in [1.82, 2.24) is 5.32 Å². The number of likely N-dealkylation sites (N-methyl/N-ethyl adjacent to an activating group) is 1. The van der Waals surface area contributed by atoms with Gasteiger partial charge in [0.2, 0.25) is 0 Å². The van der Waals surface area contributed by atoms with E-state index < -0.39 is 0 Å². The molecule has 1 aromatic carbocycles. The summed E-state index contributed by atoms with van der Waals surface area (Å²) in [5.74, 6) is 0.874. The largest absolute Gasteiger partial charge is 0.497 e. The molecule has 0 radical (unpaired) electrons. The lowest BCUT2D eigenvalue weighted by Gasteiger charge is -2.34. The lowest BCUT2D eigenvalue weighted by Crippen LogP contribution is -2.40. The Bertz CT molecular complexity index is 333. The minimum absolute atomic E-state index is 0.170. The third-order valence-corrected chi connectivity index (χ3v) is 3.08.